The van der Waals surface area contributed by atoms with Gasteiger partial charge in [0.15, 0.2) is 0 Å². The van der Waals surface area contributed by atoms with Gasteiger partial charge in [0, 0.05) is 20.2 Å². The summed E-state index contributed by atoms with van der Waals surface area (Å²) in [7, 11) is 4.95. The second-order valence-electron chi connectivity index (χ2n) is 4.66. The van der Waals surface area contributed by atoms with Crippen molar-refractivity contribution in [3.05, 3.63) is 0 Å². The lowest BCUT2D eigenvalue weighted by Gasteiger charge is -2.37. The van der Waals surface area contributed by atoms with Crippen LogP contribution >= 0.6 is 0 Å². The standard InChI is InChI=1S/C12H24N2O3/c1-9-5-6-14(8-11(9)16-3)7-10(13-2)12(15)17-4/h9-11,13H,5-8H2,1-4H3. The van der Waals surface area contributed by atoms with Crippen LogP contribution in [0.3, 0.4) is 0 Å². The molecule has 0 aliphatic carbocycles. The number of methoxy groups -OCH3 is 2. The van der Waals surface area contributed by atoms with E-state index in [1.807, 2.05) is 0 Å². The molecule has 1 N–H and O–H groups in total. The van der Waals surface area contributed by atoms with E-state index >= 15 is 0 Å². The van der Waals surface area contributed by atoms with Gasteiger partial charge in [0.25, 0.3) is 0 Å². The van der Waals surface area contributed by atoms with E-state index in [1.54, 1.807) is 14.2 Å². The van der Waals surface area contributed by atoms with E-state index in [1.165, 1.54) is 7.11 Å². The summed E-state index contributed by atoms with van der Waals surface area (Å²) < 4.78 is 10.2. The molecule has 0 amide bonds. The molecule has 0 radical (unpaired) electrons. The fourth-order valence-corrected chi connectivity index (χ4v) is 2.25. The van der Waals surface area contributed by atoms with Gasteiger partial charge in [-0.1, -0.05) is 6.92 Å². The molecule has 0 spiro atoms. The molecule has 0 bridgehead atoms. The first-order valence-corrected chi connectivity index (χ1v) is 6.12. The molecule has 1 rings (SSSR count). The maximum absolute atomic E-state index is 11.5. The highest BCUT2D eigenvalue weighted by molar-refractivity contribution is 5.75. The molecule has 3 unspecified atom stereocenters. The largest absolute Gasteiger partial charge is 0.468 e. The summed E-state index contributed by atoms with van der Waals surface area (Å²) >= 11 is 0. The first-order valence-electron chi connectivity index (χ1n) is 6.12. The molecule has 3 atom stereocenters. The minimum absolute atomic E-state index is 0.208. The summed E-state index contributed by atoms with van der Waals surface area (Å²) in [4.78, 5) is 13.7. The van der Waals surface area contributed by atoms with Crippen LogP contribution in [0, 0.1) is 5.92 Å². The predicted molar refractivity (Wildman–Crippen MR) is 65.9 cm³/mol. The zero-order valence-corrected chi connectivity index (χ0v) is 11.2. The lowest BCUT2D eigenvalue weighted by molar-refractivity contribution is -0.143. The van der Waals surface area contributed by atoms with E-state index in [0.29, 0.717) is 12.5 Å². The Morgan fingerprint density at radius 2 is 2.24 bits per heavy atom. The summed E-state index contributed by atoms with van der Waals surface area (Å²) in [5, 5.41) is 2.99. The Hall–Kier alpha value is -0.650. The fourth-order valence-electron chi connectivity index (χ4n) is 2.25. The molecule has 0 saturated carbocycles. The number of carbonyl (C=O) groups is 1. The van der Waals surface area contributed by atoms with Crippen molar-refractivity contribution in [3.63, 3.8) is 0 Å². The van der Waals surface area contributed by atoms with Crippen LogP contribution in [0.1, 0.15) is 13.3 Å². The van der Waals surface area contributed by atoms with Crippen molar-refractivity contribution >= 4 is 5.97 Å². The second kappa shape index (κ2) is 6.93. The third-order valence-corrected chi connectivity index (χ3v) is 3.55. The summed E-state index contributed by atoms with van der Waals surface area (Å²) in [6.45, 7) is 4.78. The molecule has 5 nitrogen and oxygen atoms in total. The third kappa shape index (κ3) is 3.94. The van der Waals surface area contributed by atoms with E-state index in [9.17, 15) is 4.79 Å². The Bertz CT molecular complexity index is 248. The first-order chi connectivity index (χ1) is 8.12. The number of nitrogens with zero attached hydrogens (tertiary/aromatic N) is 1. The van der Waals surface area contributed by atoms with Crippen LogP contribution in [0.15, 0.2) is 0 Å². The quantitative estimate of drug-likeness (QED) is 0.695. The van der Waals surface area contributed by atoms with Crippen LogP contribution in [0.5, 0.6) is 0 Å². The van der Waals surface area contributed by atoms with Gasteiger partial charge in [-0.2, -0.15) is 0 Å². The maximum atomic E-state index is 11.5. The van der Waals surface area contributed by atoms with Gasteiger partial charge in [0.1, 0.15) is 6.04 Å². The van der Waals surface area contributed by atoms with E-state index < -0.39 is 0 Å². The molecule has 1 saturated heterocycles. The lowest BCUT2D eigenvalue weighted by atomic mass is 9.95. The number of carbonyl (C=O) groups excluding carboxylic acids is 1. The molecular formula is C12H24N2O3. The SMILES string of the molecule is CNC(CN1CCC(C)C(OC)C1)C(=O)OC. The minimum atomic E-state index is -0.258. The Morgan fingerprint density at radius 3 is 2.76 bits per heavy atom. The van der Waals surface area contributed by atoms with E-state index in [2.05, 4.69) is 17.1 Å². The smallest absolute Gasteiger partial charge is 0.324 e. The molecule has 1 fully saturated rings. The Morgan fingerprint density at radius 1 is 1.53 bits per heavy atom. The van der Waals surface area contributed by atoms with Crippen molar-refractivity contribution in [1.82, 2.24) is 10.2 Å². The number of likely N-dealkylation sites (tertiary alicyclic amines) is 1. The molecule has 5 heteroatoms. The number of hydrogen-bond donors (Lipinski definition) is 1. The Balaban J connectivity index is 2.48. The van der Waals surface area contributed by atoms with Crippen LogP contribution in [-0.2, 0) is 14.3 Å². The van der Waals surface area contributed by atoms with Gasteiger partial charge in [-0.15, -0.1) is 0 Å². The van der Waals surface area contributed by atoms with Crippen LogP contribution < -0.4 is 5.32 Å². The van der Waals surface area contributed by atoms with Crippen LogP contribution in [0.2, 0.25) is 0 Å². The number of ether oxygens (including phenoxy) is 2. The second-order valence-corrected chi connectivity index (χ2v) is 4.66. The molecule has 100 valence electrons. The molecule has 1 heterocycles. The van der Waals surface area contributed by atoms with Gasteiger partial charge in [0.05, 0.1) is 13.2 Å². The highest BCUT2D eigenvalue weighted by Crippen LogP contribution is 2.19. The molecule has 0 aromatic rings. The van der Waals surface area contributed by atoms with Crippen LogP contribution in [-0.4, -0.2) is 63.9 Å². The van der Waals surface area contributed by atoms with Gasteiger partial charge < -0.3 is 14.8 Å². The number of hydrogen-bond acceptors (Lipinski definition) is 5. The van der Waals surface area contributed by atoms with E-state index in [4.69, 9.17) is 9.47 Å². The maximum Gasteiger partial charge on any atom is 0.324 e. The Kier molecular flexibility index (Phi) is 5.88. The average molecular weight is 244 g/mol. The average Bonchev–Trinajstić information content (AvgIpc) is 2.36. The van der Waals surface area contributed by atoms with Crippen molar-refractivity contribution in [2.45, 2.75) is 25.5 Å². The number of likely N-dealkylation sites (N-methyl/N-ethyl adjacent to an activating group) is 1. The predicted octanol–water partition coefficient (Wildman–Crippen LogP) is 0.104. The molecule has 0 aromatic heterocycles. The highest BCUT2D eigenvalue weighted by atomic mass is 16.5. The summed E-state index contributed by atoms with van der Waals surface area (Å²) in [6, 6.07) is -0.258. The highest BCUT2D eigenvalue weighted by Gasteiger charge is 2.29. The topological polar surface area (TPSA) is 50.8 Å². The van der Waals surface area contributed by atoms with Gasteiger partial charge in [-0.25, -0.2) is 0 Å². The number of rotatable bonds is 5. The third-order valence-electron chi connectivity index (χ3n) is 3.55. The van der Waals surface area contributed by atoms with E-state index in [-0.39, 0.29) is 18.1 Å². The van der Waals surface area contributed by atoms with Crippen LogP contribution in [0.25, 0.3) is 0 Å². The molecule has 17 heavy (non-hydrogen) atoms. The van der Waals surface area contributed by atoms with Gasteiger partial charge in [-0.3, -0.25) is 9.69 Å². The Labute approximate surface area is 103 Å². The van der Waals surface area contributed by atoms with Crippen molar-refractivity contribution < 1.29 is 14.3 Å². The van der Waals surface area contributed by atoms with Gasteiger partial charge >= 0.3 is 5.97 Å². The molecule has 1 aliphatic rings. The van der Waals surface area contributed by atoms with Gasteiger partial charge in [0.2, 0.25) is 0 Å². The zero-order valence-electron chi connectivity index (χ0n) is 11.2. The zero-order chi connectivity index (χ0) is 12.8. The normalized spacial score (nSPS) is 27.8. The summed E-state index contributed by atoms with van der Waals surface area (Å²) in [5.41, 5.74) is 0. The summed E-state index contributed by atoms with van der Waals surface area (Å²) in [5.74, 6) is 0.377. The lowest BCUT2D eigenvalue weighted by Crippen LogP contribution is -2.51. The number of nitrogens with one attached hydrogen (secondary N) is 1. The van der Waals surface area contributed by atoms with Crippen molar-refractivity contribution in [2.75, 3.05) is 40.9 Å². The van der Waals surface area contributed by atoms with E-state index in [0.717, 1.165) is 19.5 Å². The summed E-state index contributed by atoms with van der Waals surface area (Å²) in [6.07, 6.45) is 1.37. The van der Waals surface area contributed by atoms with Crippen LogP contribution in [0.4, 0.5) is 0 Å². The number of esters is 1. The molecular weight excluding hydrogens is 220 g/mol. The molecule has 0 aromatic carbocycles. The molecule has 1 aliphatic heterocycles. The first kappa shape index (κ1) is 14.4. The van der Waals surface area contributed by atoms with Gasteiger partial charge in [-0.05, 0) is 25.9 Å². The fraction of sp³-hybridized carbons (Fsp3) is 0.917. The minimum Gasteiger partial charge on any atom is -0.468 e. The number of piperidine rings is 1. The van der Waals surface area contributed by atoms with Crippen molar-refractivity contribution in [3.8, 4) is 0 Å². The van der Waals surface area contributed by atoms with Crippen molar-refractivity contribution in [1.29, 1.82) is 0 Å². The monoisotopic (exact) mass is 244 g/mol. The van der Waals surface area contributed by atoms with Crippen molar-refractivity contribution in [2.24, 2.45) is 5.92 Å².